The van der Waals surface area contributed by atoms with Gasteiger partial charge in [0.25, 0.3) is 0 Å². The van der Waals surface area contributed by atoms with Crippen LogP contribution in [0.5, 0.6) is 0 Å². The lowest BCUT2D eigenvalue weighted by Gasteiger charge is -1.94. The van der Waals surface area contributed by atoms with Crippen LogP contribution in [0, 0.1) is 12.8 Å². The van der Waals surface area contributed by atoms with Crippen molar-refractivity contribution in [1.82, 2.24) is 0 Å². The van der Waals surface area contributed by atoms with Gasteiger partial charge in [0.2, 0.25) is 0 Å². The average Bonchev–Trinajstić information content (AvgIpc) is 2.86. The summed E-state index contributed by atoms with van der Waals surface area (Å²) in [7, 11) is 0. The summed E-state index contributed by atoms with van der Waals surface area (Å²) in [5.41, 5.74) is 1.27. The zero-order chi connectivity index (χ0) is 9.10. The Morgan fingerprint density at radius 2 is 2.54 bits per heavy atom. The number of rotatable bonds is 4. The van der Waals surface area contributed by atoms with Crippen molar-refractivity contribution >= 4 is 17.6 Å². The lowest BCUT2D eigenvalue weighted by molar-refractivity contribution is 0.135. The normalized spacial score (nSPS) is 16.7. The van der Waals surface area contributed by atoms with E-state index < -0.39 is 0 Å². The molecule has 70 valence electrons. The topological polar surface area (TPSA) is 21.6 Å². The summed E-state index contributed by atoms with van der Waals surface area (Å²) in [5, 5.41) is 6.01. The molecule has 0 bridgehead atoms. The molecule has 0 saturated heterocycles. The zero-order valence-corrected chi connectivity index (χ0v) is 8.51. The molecule has 1 heterocycles. The molecule has 2 nitrogen and oxygen atoms in total. The van der Waals surface area contributed by atoms with E-state index in [9.17, 15) is 0 Å². The maximum absolute atomic E-state index is 5.16. The van der Waals surface area contributed by atoms with E-state index in [0.29, 0.717) is 0 Å². The van der Waals surface area contributed by atoms with Gasteiger partial charge in [-0.3, -0.25) is 0 Å². The van der Waals surface area contributed by atoms with Crippen LogP contribution in [0.4, 0.5) is 0 Å². The van der Waals surface area contributed by atoms with Gasteiger partial charge in [-0.2, -0.15) is 0 Å². The summed E-state index contributed by atoms with van der Waals surface area (Å²) in [6.07, 6.45) is 4.43. The lowest BCUT2D eigenvalue weighted by atomic mass is 10.3. The fourth-order valence-corrected chi connectivity index (χ4v) is 1.81. The lowest BCUT2D eigenvalue weighted by Crippen LogP contribution is -1.89. The van der Waals surface area contributed by atoms with Gasteiger partial charge < -0.3 is 4.84 Å². The second kappa shape index (κ2) is 3.92. The van der Waals surface area contributed by atoms with E-state index in [0.717, 1.165) is 12.5 Å². The highest BCUT2D eigenvalue weighted by Gasteiger charge is 2.21. The molecule has 0 N–H and O–H groups in total. The van der Waals surface area contributed by atoms with Crippen LogP contribution >= 0.6 is 11.3 Å². The Kier molecular flexibility index (Phi) is 2.64. The number of thiophene rings is 1. The minimum atomic E-state index is 0.779. The Labute approximate surface area is 82.2 Å². The summed E-state index contributed by atoms with van der Waals surface area (Å²) in [4.78, 5) is 6.35. The minimum absolute atomic E-state index is 0.779. The van der Waals surface area contributed by atoms with Crippen molar-refractivity contribution in [3.63, 3.8) is 0 Å². The molecule has 0 unspecified atom stereocenters. The van der Waals surface area contributed by atoms with Gasteiger partial charge in [0, 0.05) is 0 Å². The molecule has 1 aliphatic carbocycles. The predicted molar refractivity (Wildman–Crippen MR) is 55.3 cm³/mol. The van der Waals surface area contributed by atoms with Gasteiger partial charge in [-0.1, -0.05) is 5.16 Å². The first kappa shape index (κ1) is 8.75. The Morgan fingerprint density at radius 1 is 1.69 bits per heavy atom. The van der Waals surface area contributed by atoms with E-state index in [1.807, 2.05) is 6.21 Å². The van der Waals surface area contributed by atoms with Crippen molar-refractivity contribution in [1.29, 1.82) is 0 Å². The molecule has 1 aromatic heterocycles. The Hall–Kier alpha value is -0.830. The maximum atomic E-state index is 5.16. The largest absolute Gasteiger partial charge is 0.395 e. The highest BCUT2D eigenvalue weighted by atomic mass is 32.1. The fraction of sp³-hybridized carbons (Fsp3) is 0.500. The molecule has 1 aromatic rings. The van der Waals surface area contributed by atoms with E-state index in [1.165, 1.54) is 23.3 Å². The van der Waals surface area contributed by atoms with Gasteiger partial charge in [-0.15, -0.1) is 11.3 Å². The molecule has 0 radical (unpaired) electrons. The quantitative estimate of drug-likeness (QED) is 0.534. The summed E-state index contributed by atoms with van der Waals surface area (Å²) >= 11 is 1.69. The first-order valence-electron chi connectivity index (χ1n) is 4.55. The van der Waals surface area contributed by atoms with Gasteiger partial charge in [0.05, 0.1) is 11.1 Å². The van der Waals surface area contributed by atoms with Gasteiger partial charge in [0.1, 0.15) is 6.61 Å². The monoisotopic (exact) mass is 195 g/mol. The molecule has 2 rings (SSSR count). The molecule has 0 atom stereocenters. The van der Waals surface area contributed by atoms with Gasteiger partial charge >= 0.3 is 0 Å². The van der Waals surface area contributed by atoms with E-state index in [4.69, 9.17) is 4.84 Å². The molecule has 13 heavy (non-hydrogen) atoms. The van der Waals surface area contributed by atoms with Crippen LogP contribution in [-0.4, -0.2) is 12.8 Å². The summed E-state index contributed by atoms with van der Waals surface area (Å²) in [5.74, 6) is 0.779. The number of hydrogen-bond acceptors (Lipinski definition) is 3. The fourth-order valence-electron chi connectivity index (χ4n) is 1.03. The van der Waals surface area contributed by atoms with Gasteiger partial charge in [-0.05, 0) is 42.7 Å². The minimum Gasteiger partial charge on any atom is -0.395 e. The van der Waals surface area contributed by atoms with Crippen LogP contribution in [0.15, 0.2) is 16.6 Å². The van der Waals surface area contributed by atoms with E-state index >= 15 is 0 Å². The van der Waals surface area contributed by atoms with E-state index in [2.05, 4.69) is 23.5 Å². The Balaban J connectivity index is 1.79. The molecule has 3 heteroatoms. The second-order valence-electron chi connectivity index (χ2n) is 3.44. The first-order valence-corrected chi connectivity index (χ1v) is 5.43. The van der Waals surface area contributed by atoms with Crippen LogP contribution in [-0.2, 0) is 4.84 Å². The third-order valence-corrected chi connectivity index (χ3v) is 3.11. The van der Waals surface area contributed by atoms with Crippen molar-refractivity contribution in [3.8, 4) is 0 Å². The number of aryl methyl sites for hydroxylation is 1. The zero-order valence-electron chi connectivity index (χ0n) is 7.69. The molecular weight excluding hydrogens is 182 g/mol. The van der Waals surface area contributed by atoms with Gasteiger partial charge in [0.15, 0.2) is 0 Å². The van der Waals surface area contributed by atoms with E-state index in [-0.39, 0.29) is 0 Å². The number of nitrogens with zero attached hydrogens (tertiary/aromatic N) is 1. The van der Waals surface area contributed by atoms with Gasteiger partial charge in [-0.25, -0.2) is 0 Å². The van der Waals surface area contributed by atoms with Crippen LogP contribution in [0.3, 0.4) is 0 Å². The predicted octanol–water partition coefficient (Wildman–Crippen LogP) is 2.82. The molecule has 0 aliphatic heterocycles. The molecule has 1 saturated carbocycles. The van der Waals surface area contributed by atoms with Crippen molar-refractivity contribution in [3.05, 3.63) is 21.9 Å². The molecule has 0 amide bonds. The third-order valence-electron chi connectivity index (χ3n) is 2.15. The van der Waals surface area contributed by atoms with Crippen LogP contribution in [0.2, 0.25) is 0 Å². The molecule has 1 fully saturated rings. The van der Waals surface area contributed by atoms with Crippen molar-refractivity contribution < 1.29 is 4.84 Å². The van der Waals surface area contributed by atoms with Crippen LogP contribution in [0.25, 0.3) is 0 Å². The smallest absolute Gasteiger partial charge is 0.120 e. The Morgan fingerprint density at radius 3 is 3.15 bits per heavy atom. The van der Waals surface area contributed by atoms with Crippen molar-refractivity contribution in [2.45, 2.75) is 19.8 Å². The number of oxime groups is 1. The summed E-state index contributed by atoms with van der Waals surface area (Å²) in [6, 6.07) is 2.09. The first-order chi connectivity index (χ1) is 6.36. The van der Waals surface area contributed by atoms with Crippen molar-refractivity contribution in [2.24, 2.45) is 11.1 Å². The summed E-state index contributed by atoms with van der Waals surface area (Å²) < 4.78 is 0. The van der Waals surface area contributed by atoms with E-state index in [1.54, 1.807) is 11.3 Å². The number of hydrogen-bond donors (Lipinski definition) is 0. The second-order valence-corrected chi connectivity index (χ2v) is 4.39. The van der Waals surface area contributed by atoms with Crippen LogP contribution < -0.4 is 0 Å². The third kappa shape index (κ3) is 2.56. The highest BCUT2D eigenvalue weighted by Crippen LogP contribution is 2.28. The standard InChI is InChI=1S/C10H13NOS/c1-8-4-5-13-10(8)6-11-12-7-9-2-3-9/h4-6,9H,2-3,7H2,1H3. The molecule has 1 aliphatic rings. The highest BCUT2D eigenvalue weighted by molar-refractivity contribution is 7.11. The summed E-state index contributed by atoms with van der Waals surface area (Å²) in [6.45, 7) is 2.87. The average molecular weight is 195 g/mol. The molecular formula is C10H13NOS. The SMILES string of the molecule is Cc1ccsc1C=NOCC1CC1. The van der Waals surface area contributed by atoms with Crippen molar-refractivity contribution in [2.75, 3.05) is 6.61 Å². The molecule has 0 spiro atoms. The molecule has 0 aromatic carbocycles. The van der Waals surface area contributed by atoms with Crippen LogP contribution in [0.1, 0.15) is 23.3 Å². The Bertz CT molecular complexity index is 302. The maximum Gasteiger partial charge on any atom is 0.120 e.